The van der Waals surface area contributed by atoms with Crippen molar-refractivity contribution in [1.29, 1.82) is 0 Å². The smallest absolute Gasteiger partial charge is 0.324 e. The Bertz CT molecular complexity index is 1450. The summed E-state index contributed by atoms with van der Waals surface area (Å²) in [6, 6.07) is 13.0. The average Bonchev–Trinajstić information content (AvgIpc) is 2.83. The van der Waals surface area contributed by atoms with Crippen LogP contribution in [0.15, 0.2) is 65.8 Å². The summed E-state index contributed by atoms with van der Waals surface area (Å²) < 4.78 is 78.6. The zero-order valence-corrected chi connectivity index (χ0v) is 19.4. The van der Waals surface area contributed by atoms with E-state index in [2.05, 4.69) is 35.2 Å². The maximum Gasteiger partial charge on any atom is 0.433 e. The normalized spacial score (nSPS) is 12.5. The highest BCUT2D eigenvalue weighted by molar-refractivity contribution is 6.30. The molecule has 0 amide bonds. The van der Waals surface area contributed by atoms with Crippen LogP contribution in [0.4, 0.5) is 43.9 Å². The lowest BCUT2D eigenvalue weighted by molar-refractivity contribution is -0.141. The fraction of sp³-hybridized carbons (Fsp3) is 0.130. The number of benzene rings is 1. The van der Waals surface area contributed by atoms with Crippen LogP contribution < -0.4 is 5.32 Å². The van der Waals surface area contributed by atoms with Gasteiger partial charge in [-0.2, -0.15) is 41.3 Å². The van der Waals surface area contributed by atoms with E-state index in [9.17, 15) is 26.3 Å². The van der Waals surface area contributed by atoms with Gasteiger partial charge in [0.05, 0.1) is 5.69 Å². The second kappa shape index (κ2) is 10.1. The number of aliphatic imine (C=N–C) groups is 1. The second-order valence-corrected chi connectivity index (χ2v) is 7.88. The monoisotopic (exact) mass is 537 g/mol. The molecule has 0 saturated heterocycles. The summed E-state index contributed by atoms with van der Waals surface area (Å²) in [7, 11) is 0. The van der Waals surface area contributed by atoms with Crippen LogP contribution in [0.5, 0.6) is 0 Å². The molecule has 0 saturated carbocycles. The summed E-state index contributed by atoms with van der Waals surface area (Å²) in [6.07, 6.45) is -8.06. The van der Waals surface area contributed by atoms with E-state index in [1.54, 1.807) is 30.3 Å². The lowest BCUT2D eigenvalue weighted by atomic mass is 10.1. The van der Waals surface area contributed by atoms with E-state index in [0.29, 0.717) is 23.3 Å². The van der Waals surface area contributed by atoms with Crippen molar-refractivity contribution in [3.63, 3.8) is 0 Å². The van der Waals surface area contributed by atoms with Crippen LogP contribution in [0.25, 0.3) is 22.8 Å². The van der Waals surface area contributed by atoms with Crippen LogP contribution in [-0.2, 0) is 6.18 Å². The third-order valence-corrected chi connectivity index (χ3v) is 4.98. The third kappa shape index (κ3) is 6.55. The molecule has 0 atom stereocenters. The number of alkyl halides is 6. The highest BCUT2D eigenvalue weighted by Gasteiger charge is 2.33. The maximum absolute atomic E-state index is 13.1. The van der Waals surface area contributed by atoms with E-state index < -0.39 is 35.5 Å². The van der Waals surface area contributed by atoms with Gasteiger partial charge in [0.2, 0.25) is 5.95 Å². The lowest BCUT2D eigenvalue weighted by Gasteiger charge is -2.11. The van der Waals surface area contributed by atoms with Crippen LogP contribution in [0, 0.1) is 0 Å². The largest absolute Gasteiger partial charge is 0.433 e. The first kappa shape index (κ1) is 25.9. The molecule has 4 rings (SSSR count). The SMILES string of the molecule is C/C(=N\c1nc(Nc2ccnc(-c3ccc(Cl)cc3)c2)nc(-c2cccc(C(F)(F)F)n2)n1)C(F)(F)F. The Morgan fingerprint density at radius 2 is 1.59 bits per heavy atom. The molecule has 0 radical (unpaired) electrons. The van der Waals surface area contributed by atoms with Gasteiger partial charge in [-0.05, 0) is 43.3 Å². The van der Waals surface area contributed by atoms with Gasteiger partial charge in [-0.15, -0.1) is 0 Å². The Hall–Kier alpha value is -4.13. The number of aromatic nitrogens is 5. The summed E-state index contributed by atoms with van der Waals surface area (Å²) >= 11 is 5.91. The van der Waals surface area contributed by atoms with E-state index in [1.165, 1.54) is 18.3 Å². The summed E-state index contributed by atoms with van der Waals surface area (Å²) in [5.41, 5.74) is -1.18. The minimum Gasteiger partial charge on any atom is -0.324 e. The van der Waals surface area contributed by atoms with E-state index in [-0.39, 0.29) is 11.6 Å². The average molecular weight is 538 g/mol. The number of anilines is 2. The standard InChI is InChI=1S/C23H14ClF6N7/c1-12(22(25,26)27)32-20-35-19(16-3-2-4-18(34-16)23(28,29)30)36-21(37-20)33-15-9-10-31-17(11-15)13-5-7-14(24)8-6-13/h2-11H,1H3,(H,31,33,35,36,37)/b32-12+. The summed E-state index contributed by atoms with van der Waals surface area (Å²) in [6.45, 7) is 0.709. The van der Waals surface area contributed by atoms with Gasteiger partial charge in [-0.1, -0.05) is 29.8 Å². The number of nitrogens with one attached hydrogen (secondary N) is 1. The molecule has 3 aromatic heterocycles. The van der Waals surface area contributed by atoms with Crippen molar-refractivity contribution in [1.82, 2.24) is 24.9 Å². The lowest BCUT2D eigenvalue weighted by Crippen LogP contribution is -2.19. The van der Waals surface area contributed by atoms with Crippen LogP contribution >= 0.6 is 11.6 Å². The highest BCUT2D eigenvalue weighted by atomic mass is 35.5. The van der Waals surface area contributed by atoms with Crippen LogP contribution in [0.2, 0.25) is 5.02 Å². The van der Waals surface area contributed by atoms with Crippen LogP contribution in [-0.4, -0.2) is 36.8 Å². The van der Waals surface area contributed by atoms with Gasteiger partial charge >= 0.3 is 12.4 Å². The molecule has 3 heterocycles. The highest BCUT2D eigenvalue weighted by Crippen LogP contribution is 2.30. The summed E-state index contributed by atoms with van der Waals surface area (Å²) in [5.74, 6) is -1.36. The number of nitrogens with zero attached hydrogens (tertiary/aromatic N) is 6. The fourth-order valence-electron chi connectivity index (χ4n) is 2.93. The number of pyridine rings is 2. The predicted molar refractivity (Wildman–Crippen MR) is 125 cm³/mol. The van der Waals surface area contributed by atoms with Gasteiger partial charge in [-0.3, -0.25) is 4.98 Å². The van der Waals surface area contributed by atoms with E-state index in [4.69, 9.17) is 11.6 Å². The Balaban J connectivity index is 1.76. The quantitative estimate of drug-likeness (QED) is 0.216. The Labute approximate surface area is 210 Å². The van der Waals surface area contributed by atoms with Gasteiger partial charge in [0.1, 0.15) is 17.1 Å². The van der Waals surface area contributed by atoms with Gasteiger partial charge in [0.25, 0.3) is 5.95 Å². The van der Waals surface area contributed by atoms with Crippen LogP contribution in [0.1, 0.15) is 12.6 Å². The van der Waals surface area contributed by atoms with Crippen molar-refractivity contribution in [2.75, 3.05) is 5.32 Å². The molecule has 7 nitrogen and oxygen atoms in total. The third-order valence-electron chi connectivity index (χ3n) is 4.73. The maximum atomic E-state index is 13.1. The minimum atomic E-state index is -4.77. The molecule has 0 aliphatic rings. The molecule has 4 aromatic rings. The first-order chi connectivity index (χ1) is 17.4. The molecule has 1 aromatic carbocycles. The molecule has 0 spiro atoms. The first-order valence-corrected chi connectivity index (χ1v) is 10.7. The minimum absolute atomic E-state index is 0.272. The fourth-order valence-corrected chi connectivity index (χ4v) is 3.06. The van der Waals surface area contributed by atoms with Crippen molar-refractivity contribution in [3.8, 4) is 22.8 Å². The van der Waals surface area contributed by atoms with Crippen molar-refractivity contribution in [3.05, 3.63) is 71.5 Å². The molecule has 37 heavy (non-hydrogen) atoms. The molecular weight excluding hydrogens is 524 g/mol. The molecule has 0 aliphatic carbocycles. The van der Waals surface area contributed by atoms with E-state index in [1.807, 2.05) is 0 Å². The topological polar surface area (TPSA) is 88.8 Å². The number of hydrogen-bond acceptors (Lipinski definition) is 7. The molecule has 0 bridgehead atoms. The Morgan fingerprint density at radius 1 is 0.865 bits per heavy atom. The van der Waals surface area contributed by atoms with Gasteiger partial charge in [0, 0.05) is 22.5 Å². The van der Waals surface area contributed by atoms with E-state index in [0.717, 1.165) is 17.7 Å². The predicted octanol–water partition coefficient (Wildman–Crippen LogP) is 7.07. The number of hydrogen-bond donors (Lipinski definition) is 1. The first-order valence-electron chi connectivity index (χ1n) is 10.3. The van der Waals surface area contributed by atoms with E-state index >= 15 is 0 Å². The molecule has 0 fully saturated rings. The molecule has 0 aliphatic heterocycles. The zero-order valence-electron chi connectivity index (χ0n) is 18.6. The van der Waals surface area contributed by atoms with Gasteiger partial charge in [-0.25, -0.2) is 9.98 Å². The Morgan fingerprint density at radius 3 is 2.27 bits per heavy atom. The number of rotatable bonds is 5. The molecule has 1 N–H and O–H groups in total. The van der Waals surface area contributed by atoms with Crippen molar-refractivity contribution in [2.24, 2.45) is 4.99 Å². The van der Waals surface area contributed by atoms with Crippen molar-refractivity contribution >= 4 is 34.9 Å². The molecule has 14 heteroatoms. The molecule has 190 valence electrons. The molecule has 0 unspecified atom stereocenters. The van der Waals surface area contributed by atoms with Crippen molar-refractivity contribution < 1.29 is 26.3 Å². The zero-order chi connectivity index (χ0) is 26.8. The molecular formula is C23H14ClF6N7. The van der Waals surface area contributed by atoms with Gasteiger partial charge in [0.15, 0.2) is 5.82 Å². The summed E-state index contributed by atoms with van der Waals surface area (Å²) in [4.78, 5) is 22.9. The second-order valence-electron chi connectivity index (χ2n) is 7.45. The van der Waals surface area contributed by atoms with Crippen molar-refractivity contribution in [2.45, 2.75) is 19.3 Å². The van der Waals surface area contributed by atoms with Gasteiger partial charge < -0.3 is 5.32 Å². The number of halogens is 7. The van der Waals surface area contributed by atoms with Crippen LogP contribution in [0.3, 0.4) is 0 Å². The Kier molecular flexibility index (Phi) is 7.07. The summed E-state index contributed by atoms with van der Waals surface area (Å²) in [5, 5.41) is 3.33.